The highest BCUT2D eigenvalue weighted by molar-refractivity contribution is 6.28. The molecule has 1 saturated carbocycles. The molecule has 2 aromatic carbocycles. The molecule has 29 heavy (non-hydrogen) atoms. The number of allylic oxidation sites excluding steroid dienone is 2. The van der Waals surface area contributed by atoms with Gasteiger partial charge < -0.3 is 4.74 Å². The van der Waals surface area contributed by atoms with Crippen molar-refractivity contribution in [2.75, 3.05) is 0 Å². The molecule has 2 aromatic rings. The topological polar surface area (TPSA) is 60.4 Å². The molecular weight excluding hydrogens is 364 g/mol. The van der Waals surface area contributed by atoms with Crippen LogP contribution in [0.4, 0.5) is 0 Å². The molecule has 4 unspecified atom stereocenters. The van der Waals surface area contributed by atoms with Crippen LogP contribution in [0.15, 0.2) is 60.7 Å². The van der Waals surface area contributed by atoms with Gasteiger partial charge in [-0.05, 0) is 35.6 Å². The number of fused-ring (bicyclic) bond motifs is 5. The standard InChI is InChI=1S/C25H22O4/c1-3-14-25-18(16-12-8-5-9-13-16)17(15-10-6-4-7-11-15)24(2,23(25)28)19-20(25)22(27)29-21(19)26/h4-13,19-20H,3,14H2,1-2H3. The number of hydrogen-bond acceptors (Lipinski definition) is 4. The minimum atomic E-state index is -1.07. The number of Topliss-reactive ketones (excluding diaryl/α,β-unsaturated/α-hetero) is 1. The van der Waals surface area contributed by atoms with Crippen LogP contribution >= 0.6 is 0 Å². The highest BCUT2D eigenvalue weighted by atomic mass is 16.6. The van der Waals surface area contributed by atoms with E-state index >= 15 is 0 Å². The number of cyclic esters (lactones) is 2. The Hall–Kier alpha value is -3.01. The third-order valence-corrected chi connectivity index (χ3v) is 7.06. The van der Waals surface area contributed by atoms with E-state index in [1.165, 1.54) is 0 Å². The third-order valence-electron chi connectivity index (χ3n) is 7.06. The van der Waals surface area contributed by atoms with E-state index in [2.05, 4.69) is 0 Å². The number of benzene rings is 2. The predicted octanol–water partition coefficient (Wildman–Crippen LogP) is 4.30. The molecule has 0 radical (unpaired) electrons. The summed E-state index contributed by atoms with van der Waals surface area (Å²) in [6.45, 7) is 3.85. The van der Waals surface area contributed by atoms with Crippen molar-refractivity contribution < 1.29 is 19.1 Å². The molecule has 0 spiro atoms. The van der Waals surface area contributed by atoms with E-state index in [9.17, 15) is 14.4 Å². The molecule has 5 rings (SSSR count). The Balaban J connectivity index is 1.92. The van der Waals surface area contributed by atoms with Gasteiger partial charge in [-0.15, -0.1) is 0 Å². The van der Waals surface area contributed by atoms with E-state index < -0.39 is 34.6 Å². The zero-order chi connectivity index (χ0) is 20.4. The van der Waals surface area contributed by atoms with Crippen molar-refractivity contribution in [2.24, 2.45) is 22.7 Å². The van der Waals surface area contributed by atoms with Crippen LogP contribution in [0, 0.1) is 22.7 Å². The summed E-state index contributed by atoms with van der Waals surface area (Å²) in [5.41, 5.74) is 1.52. The lowest BCUT2D eigenvalue weighted by atomic mass is 9.61. The Morgan fingerprint density at radius 1 is 0.793 bits per heavy atom. The molecule has 0 N–H and O–H groups in total. The van der Waals surface area contributed by atoms with Gasteiger partial charge in [0.1, 0.15) is 0 Å². The first-order valence-corrected chi connectivity index (χ1v) is 10.1. The maximum absolute atomic E-state index is 14.1. The van der Waals surface area contributed by atoms with Crippen LogP contribution in [-0.2, 0) is 19.1 Å². The summed E-state index contributed by atoms with van der Waals surface area (Å²) in [6.07, 6.45) is 1.25. The summed E-state index contributed by atoms with van der Waals surface area (Å²) >= 11 is 0. The van der Waals surface area contributed by atoms with Gasteiger partial charge in [0.25, 0.3) is 0 Å². The minimum Gasteiger partial charge on any atom is -0.393 e. The summed E-state index contributed by atoms with van der Waals surface area (Å²) in [4.78, 5) is 39.7. The van der Waals surface area contributed by atoms with Gasteiger partial charge in [0.05, 0.1) is 22.7 Å². The van der Waals surface area contributed by atoms with Gasteiger partial charge in [-0.3, -0.25) is 14.4 Å². The van der Waals surface area contributed by atoms with E-state index in [0.717, 1.165) is 28.7 Å². The van der Waals surface area contributed by atoms with Gasteiger partial charge in [0.15, 0.2) is 5.78 Å². The van der Waals surface area contributed by atoms with E-state index in [1.54, 1.807) is 0 Å². The average molecular weight is 386 g/mol. The number of rotatable bonds is 4. The third kappa shape index (κ3) is 2.01. The van der Waals surface area contributed by atoms with Gasteiger partial charge in [-0.25, -0.2) is 0 Å². The van der Waals surface area contributed by atoms with Gasteiger partial charge in [0, 0.05) is 0 Å². The smallest absolute Gasteiger partial charge is 0.318 e. The fraction of sp³-hybridized carbons (Fsp3) is 0.320. The van der Waals surface area contributed by atoms with Crippen LogP contribution in [0.25, 0.3) is 11.1 Å². The van der Waals surface area contributed by atoms with Crippen molar-refractivity contribution >= 4 is 28.9 Å². The Bertz CT molecular complexity index is 1070. The lowest BCUT2D eigenvalue weighted by molar-refractivity contribution is -0.157. The van der Waals surface area contributed by atoms with Crippen molar-refractivity contribution in [2.45, 2.75) is 26.7 Å². The van der Waals surface area contributed by atoms with E-state index in [1.807, 2.05) is 74.5 Å². The molecular formula is C25H22O4. The summed E-state index contributed by atoms with van der Waals surface area (Å²) < 4.78 is 5.11. The Morgan fingerprint density at radius 2 is 1.31 bits per heavy atom. The van der Waals surface area contributed by atoms with E-state index in [-0.39, 0.29) is 5.78 Å². The molecule has 3 aliphatic rings. The first kappa shape index (κ1) is 18.0. The maximum atomic E-state index is 14.1. The number of ether oxygens (including phenoxy) is 1. The molecule has 2 bridgehead atoms. The molecule has 1 saturated heterocycles. The lowest BCUT2D eigenvalue weighted by Crippen LogP contribution is -2.37. The Morgan fingerprint density at radius 3 is 1.86 bits per heavy atom. The molecule has 1 heterocycles. The highest BCUT2D eigenvalue weighted by Gasteiger charge is 2.79. The van der Waals surface area contributed by atoms with Crippen molar-refractivity contribution in [1.29, 1.82) is 0 Å². The van der Waals surface area contributed by atoms with Crippen molar-refractivity contribution in [1.82, 2.24) is 0 Å². The fourth-order valence-corrected chi connectivity index (χ4v) is 6.16. The second-order valence-electron chi connectivity index (χ2n) is 8.43. The number of carbonyl (C=O) groups is 3. The molecule has 146 valence electrons. The highest BCUT2D eigenvalue weighted by Crippen LogP contribution is 2.74. The molecule has 1 aliphatic heterocycles. The molecule has 4 atom stereocenters. The van der Waals surface area contributed by atoms with Crippen LogP contribution < -0.4 is 0 Å². The Kier molecular flexibility index (Phi) is 3.73. The molecule has 2 aliphatic carbocycles. The average Bonchev–Trinajstić information content (AvgIpc) is 3.22. The number of ketones is 1. The van der Waals surface area contributed by atoms with Gasteiger partial charge in [-0.1, -0.05) is 74.0 Å². The zero-order valence-corrected chi connectivity index (χ0v) is 16.5. The molecule has 2 fully saturated rings. The van der Waals surface area contributed by atoms with Gasteiger partial charge in [-0.2, -0.15) is 0 Å². The molecule has 0 amide bonds. The second-order valence-corrected chi connectivity index (χ2v) is 8.43. The largest absolute Gasteiger partial charge is 0.393 e. The first-order valence-electron chi connectivity index (χ1n) is 10.1. The normalized spacial score (nSPS) is 32.7. The van der Waals surface area contributed by atoms with Crippen molar-refractivity contribution in [3.8, 4) is 0 Å². The van der Waals surface area contributed by atoms with E-state index in [0.29, 0.717) is 6.42 Å². The second kappa shape index (κ2) is 5.99. The van der Waals surface area contributed by atoms with Crippen molar-refractivity contribution in [3.05, 3.63) is 71.8 Å². The number of hydrogen-bond donors (Lipinski definition) is 0. The van der Waals surface area contributed by atoms with Gasteiger partial charge >= 0.3 is 11.9 Å². The maximum Gasteiger partial charge on any atom is 0.318 e. The molecule has 4 nitrogen and oxygen atoms in total. The zero-order valence-electron chi connectivity index (χ0n) is 16.5. The Labute approximate surface area is 169 Å². The minimum absolute atomic E-state index is 0.00967. The van der Waals surface area contributed by atoms with Crippen molar-refractivity contribution in [3.63, 3.8) is 0 Å². The monoisotopic (exact) mass is 386 g/mol. The molecule has 0 aromatic heterocycles. The van der Waals surface area contributed by atoms with Gasteiger partial charge in [0.2, 0.25) is 0 Å². The van der Waals surface area contributed by atoms with E-state index in [4.69, 9.17) is 4.74 Å². The summed E-state index contributed by atoms with van der Waals surface area (Å²) in [7, 11) is 0. The SMILES string of the molecule is CCCC12C(=O)C(C)(C(c3ccccc3)=C1c1ccccc1)C1C(=O)OC(=O)C12. The summed E-state index contributed by atoms with van der Waals surface area (Å²) in [5.74, 6) is -2.61. The summed E-state index contributed by atoms with van der Waals surface area (Å²) in [5, 5.41) is 0. The molecule has 4 heteroatoms. The van der Waals surface area contributed by atoms with Crippen LogP contribution in [0.3, 0.4) is 0 Å². The van der Waals surface area contributed by atoms with Crippen LogP contribution in [0.1, 0.15) is 37.8 Å². The summed E-state index contributed by atoms with van der Waals surface area (Å²) in [6, 6.07) is 19.6. The number of esters is 2. The van der Waals surface area contributed by atoms with Crippen LogP contribution in [-0.4, -0.2) is 17.7 Å². The fourth-order valence-electron chi connectivity index (χ4n) is 6.16. The predicted molar refractivity (Wildman–Crippen MR) is 108 cm³/mol. The lowest BCUT2D eigenvalue weighted by Gasteiger charge is -2.36. The quantitative estimate of drug-likeness (QED) is 0.581. The van der Waals surface area contributed by atoms with Crippen LogP contribution in [0.2, 0.25) is 0 Å². The van der Waals surface area contributed by atoms with Crippen LogP contribution in [0.5, 0.6) is 0 Å². The number of carbonyl (C=O) groups excluding carboxylic acids is 3. The first-order chi connectivity index (χ1) is 14.0.